The lowest BCUT2D eigenvalue weighted by molar-refractivity contribution is -0.137. The molecule has 1 aliphatic heterocycles. The van der Waals surface area contributed by atoms with Crippen LogP contribution in [-0.4, -0.2) is 47.5 Å². The molecule has 1 heterocycles. The topological polar surface area (TPSA) is 110 Å². The second kappa shape index (κ2) is 7.73. The number of rotatable bonds is 5. The SMILES string of the molecule is NC(=O)[C@@H]1CCCN(C(=O)COC(=O)c2ccc(CO)cc2)C1. The number of piperidine rings is 1. The van der Waals surface area contributed by atoms with Crippen LogP contribution < -0.4 is 5.73 Å². The summed E-state index contributed by atoms with van der Waals surface area (Å²) in [5.74, 6) is -1.69. The minimum absolute atomic E-state index is 0.107. The molecule has 1 atom stereocenters. The number of ether oxygens (including phenoxy) is 1. The summed E-state index contributed by atoms with van der Waals surface area (Å²) >= 11 is 0. The quantitative estimate of drug-likeness (QED) is 0.746. The van der Waals surface area contributed by atoms with E-state index in [1.807, 2.05) is 0 Å². The van der Waals surface area contributed by atoms with Crippen molar-refractivity contribution in [1.82, 2.24) is 4.90 Å². The lowest BCUT2D eigenvalue weighted by Crippen LogP contribution is -2.45. The number of carbonyl (C=O) groups is 3. The van der Waals surface area contributed by atoms with Crippen LogP contribution in [-0.2, 0) is 20.9 Å². The van der Waals surface area contributed by atoms with E-state index in [1.165, 1.54) is 17.0 Å². The highest BCUT2D eigenvalue weighted by molar-refractivity contribution is 5.91. The number of carbonyl (C=O) groups excluding carboxylic acids is 3. The molecule has 0 unspecified atom stereocenters. The number of nitrogens with two attached hydrogens (primary N) is 1. The normalized spacial score (nSPS) is 17.6. The Morgan fingerprint density at radius 2 is 1.96 bits per heavy atom. The van der Waals surface area contributed by atoms with Gasteiger partial charge < -0.3 is 20.5 Å². The molecule has 23 heavy (non-hydrogen) atoms. The number of hydrogen-bond donors (Lipinski definition) is 2. The maximum absolute atomic E-state index is 12.1. The molecule has 2 amide bonds. The molecule has 0 aromatic heterocycles. The molecule has 0 aliphatic carbocycles. The minimum Gasteiger partial charge on any atom is -0.452 e. The smallest absolute Gasteiger partial charge is 0.338 e. The van der Waals surface area contributed by atoms with Crippen LogP contribution in [0.2, 0.25) is 0 Å². The number of nitrogens with zero attached hydrogens (tertiary/aromatic N) is 1. The van der Waals surface area contributed by atoms with E-state index in [0.717, 1.165) is 0 Å². The van der Waals surface area contributed by atoms with Gasteiger partial charge in [-0.25, -0.2) is 4.79 Å². The molecule has 2 rings (SSSR count). The van der Waals surface area contributed by atoms with E-state index in [-0.39, 0.29) is 31.6 Å². The third kappa shape index (κ3) is 4.53. The number of likely N-dealkylation sites (tertiary alicyclic amines) is 1. The molecule has 1 aromatic carbocycles. The van der Waals surface area contributed by atoms with Gasteiger partial charge in [0.15, 0.2) is 6.61 Å². The molecule has 1 fully saturated rings. The van der Waals surface area contributed by atoms with E-state index in [9.17, 15) is 14.4 Å². The highest BCUT2D eigenvalue weighted by Gasteiger charge is 2.27. The van der Waals surface area contributed by atoms with Gasteiger partial charge in [-0.15, -0.1) is 0 Å². The summed E-state index contributed by atoms with van der Waals surface area (Å²) in [6.07, 6.45) is 1.38. The van der Waals surface area contributed by atoms with Crippen molar-refractivity contribution in [2.24, 2.45) is 11.7 Å². The fraction of sp³-hybridized carbons (Fsp3) is 0.438. The van der Waals surface area contributed by atoms with Crippen molar-refractivity contribution in [2.45, 2.75) is 19.4 Å². The van der Waals surface area contributed by atoms with Gasteiger partial charge in [0.1, 0.15) is 0 Å². The van der Waals surface area contributed by atoms with E-state index in [1.54, 1.807) is 12.1 Å². The maximum Gasteiger partial charge on any atom is 0.338 e. The van der Waals surface area contributed by atoms with Crippen LogP contribution in [0.5, 0.6) is 0 Å². The standard InChI is InChI=1S/C16H20N2O5/c17-15(21)13-2-1-7-18(8-13)14(20)10-23-16(22)12-5-3-11(9-19)4-6-12/h3-6,13,19H,1-2,7-10H2,(H2,17,21)/t13-/m1/s1. The lowest BCUT2D eigenvalue weighted by Gasteiger charge is -2.31. The van der Waals surface area contributed by atoms with Crippen LogP contribution in [0.4, 0.5) is 0 Å². The number of primary amides is 1. The number of amides is 2. The summed E-state index contributed by atoms with van der Waals surface area (Å²) in [7, 11) is 0. The summed E-state index contributed by atoms with van der Waals surface area (Å²) in [6, 6.07) is 6.28. The van der Waals surface area contributed by atoms with Gasteiger partial charge in [-0.3, -0.25) is 9.59 Å². The predicted molar refractivity (Wildman–Crippen MR) is 81.1 cm³/mol. The van der Waals surface area contributed by atoms with Crippen LogP contribution >= 0.6 is 0 Å². The summed E-state index contributed by atoms with van der Waals surface area (Å²) in [5, 5.41) is 8.95. The highest BCUT2D eigenvalue weighted by atomic mass is 16.5. The van der Waals surface area contributed by atoms with Crippen LogP contribution in [0.3, 0.4) is 0 Å². The number of hydrogen-bond acceptors (Lipinski definition) is 5. The Morgan fingerprint density at radius 1 is 1.26 bits per heavy atom. The molecule has 1 saturated heterocycles. The molecule has 124 valence electrons. The van der Waals surface area contributed by atoms with E-state index >= 15 is 0 Å². The average molecular weight is 320 g/mol. The summed E-state index contributed by atoms with van der Waals surface area (Å²) in [4.78, 5) is 36.6. The van der Waals surface area contributed by atoms with Crippen LogP contribution in [0.15, 0.2) is 24.3 Å². The molecule has 7 nitrogen and oxygen atoms in total. The van der Waals surface area contributed by atoms with Gasteiger partial charge in [-0.1, -0.05) is 12.1 Å². The van der Waals surface area contributed by atoms with Gasteiger partial charge in [0.2, 0.25) is 5.91 Å². The molecular weight excluding hydrogens is 300 g/mol. The molecular formula is C16H20N2O5. The fourth-order valence-corrected chi connectivity index (χ4v) is 2.48. The Balaban J connectivity index is 1.85. The number of benzene rings is 1. The van der Waals surface area contributed by atoms with Crippen LogP contribution in [0.25, 0.3) is 0 Å². The molecule has 3 N–H and O–H groups in total. The zero-order valence-electron chi connectivity index (χ0n) is 12.7. The molecule has 0 radical (unpaired) electrons. The summed E-state index contributed by atoms with van der Waals surface area (Å²) in [6.45, 7) is 0.331. The molecule has 0 saturated carbocycles. The Hall–Kier alpha value is -2.41. The van der Waals surface area contributed by atoms with Crippen LogP contribution in [0, 0.1) is 5.92 Å². The van der Waals surface area contributed by atoms with E-state index in [2.05, 4.69) is 0 Å². The Morgan fingerprint density at radius 3 is 2.57 bits per heavy atom. The molecule has 0 bridgehead atoms. The first-order valence-electron chi connectivity index (χ1n) is 7.45. The highest BCUT2D eigenvalue weighted by Crippen LogP contribution is 2.16. The van der Waals surface area contributed by atoms with Crippen molar-refractivity contribution in [3.8, 4) is 0 Å². The number of aliphatic hydroxyl groups excluding tert-OH is 1. The van der Waals surface area contributed by atoms with Crippen molar-refractivity contribution in [2.75, 3.05) is 19.7 Å². The monoisotopic (exact) mass is 320 g/mol. The molecule has 1 aliphatic rings. The summed E-state index contributed by atoms with van der Waals surface area (Å²) in [5.41, 5.74) is 6.26. The maximum atomic E-state index is 12.1. The zero-order chi connectivity index (χ0) is 16.8. The molecule has 1 aromatic rings. The zero-order valence-corrected chi connectivity index (χ0v) is 12.7. The van der Waals surface area contributed by atoms with Gasteiger partial charge in [0, 0.05) is 13.1 Å². The Bertz CT molecular complexity index is 585. The van der Waals surface area contributed by atoms with Crippen molar-refractivity contribution >= 4 is 17.8 Å². The molecule has 7 heteroatoms. The van der Waals surface area contributed by atoms with Gasteiger partial charge >= 0.3 is 5.97 Å². The minimum atomic E-state index is -0.605. The lowest BCUT2D eigenvalue weighted by atomic mass is 9.97. The van der Waals surface area contributed by atoms with E-state index in [0.29, 0.717) is 30.5 Å². The van der Waals surface area contributed by atoms with Crippen molar-refractivity contribution in [1.29, 1.82) is 0 Å². The van der Waals surface area contributed by atoms with E-state index < -0.39 is 11.9 Å². The second-order valence-electron chi connectivity index (χ2n) is 5.51. The average Bonchev–Trinajstić information content (AvgIpc) is 2.59. The van der Waals surface area contributed by atoms with Gasteiger partial charge in [0.25, 0.3) is 5.91 Å². The Kier molecular flexibility index (Phi) is 5.70. The van der Waals surface area contributed by atoms with Crippen LogP contribution in [0.1, 0.15) is 28.8 Å². The van der Waals surface area contributed by atoms with Gasteiger partial charge in [-0.05, 0) is 30.5 Å². The third-order valence-electron chi connectivity index (χ3n) is 3.88. The summed E-state index contributed by atoms with van der Waals surface area (Å²) < 4.78 is 5.00. The fourth-order valence-electron chi connectivity index (χ4n) is 2.48. The first-order valence-corrected chi connectivity index (χ1v) is 7.45. The third-order valence-corrected chi connectivity index (χ3v) is 3.88. The Labute approximate surface area is 134 Å². The van der Waals surface area contributed by atoms with Crippen molar-refractivity contribution in [3.05, 3.63) is 35.4 Å². The first kappa shape index (κ1) is 17.0. The van der Waals surface area contributed by atoms with Gasteiger partial charge in [-0.2, -0.15) is 0 Å². The largest absolute Gasteiger partial charge is 0.452 e. The second-order valence-corrected chi connectivity index (χ2v) is 5.51. The molecule has 0 spiro atoms. The number of esters is 1. The van der Waals surface area contributed by atoms with E-state index in [4.69, 9.17) is 15.6 Å². The van der Waals surface area contributed by atoms with Crippen molar-refractivity contribution < 1.29 is 24.2 Å². The van der Waals surface area contributed by atoms with Gasteiger partial charge in [0.05, 0.1) is 18.1 Å². The van der Waals surface area contributed by atoms with Crippen molar-refractivity contribution in [3.63, 3.8) is 0 Å². The number of aliphatic hydroxyl groups is 1. The predicted octanol–water partition coefficient (Wildman–Crippen LogP) is 0.0596. The first-order chi connectivity index (χ1) is 11.0.